The van der Waals surface area contributed by atoms with Crippen LogP contribution in [0, 0.1) is 0 Å². The summed E-state index contributed by atoms with van der Waals surface area (Å²) in [6.07, 6.45) is -2.39. The molecule has 4 rings (SSSR count). The fourth-order valence-corrected chi connectivity index (χ4v) is 3.66. The van der Waals surface area contributed by atoms with Crippen molar-refractivity contribution in [3.05, 3.63) is 59.0 Å². The molecule has 1 fully saturated rings. The molecular formula is C21H21F4N5O. The van der Waals surface area contributed by atoms with Gasteiger partial charge in [-0.3, -0.25) is 9.69 Å². The van der Waals surface area contributed by atoms with E-state index in [2.05, 4.69) is 20.3 Å². The van der Waals surface area contributed by atoms with Crippen molar-refractivity contribution in [1.82, 2.24) is 19.5 Å². The van der Waals surface area contributed by atoms with E-state index < -0.39 is 30.1 Å². The Morgan fingerprint density at radius 1 is 1.00 bits per heavy atom. The highest BCUT2D eigenvalue weighted by atomic mass is 19.3. The van der Waals surface area contributed by atoms with Gasteiger partial charge < -0.3 is 5.32 Å². The number of anilines is 1. The number of carbonyl (C=O) groups is 1. The molecule has 0 unspecified atom stereocenters. The molecule has 0 radical (unpaired) electrons. The van der Waals surface area contributed by atoms with Crippen LogP contribution in [0.15, 0.2) is 36.4 Å². The van der Waals surface area contributed by atoms with E-state index >= 15 is 0 Å². The first kappa shape index (κ1) is 21.2. The molecule has 10 heteroatoms. The van der Waals surface area contributed by atoms with Crippen LogP contribution < -0.4 is 5.32 Å². The summed E-state index contributed by atoms with van der Waals surface area (Å²) in [5, 5.41) is 6.48. The number of amides is 1. The van der Waals surface area contributed by atoms with Crippen molar-refractivity contribution < 1.29 is 22.4 Å². The SMILES string of the molecule is O=C(Nc1ccc(CN2CCCCC2)cc1)c1cc2nc(C(F)F)cc(C(F)F)n2n1. The Morgan fingerprint density at radius 2 is 1.71 bits per heavy atom. The van der Waals surface area contributed by atoms with E-state index in [0.717, 1.165) is 31.3 Å². The number of rotatable bonds is 6. The van der Waals surface area contributed by atoms with Crippen molar-refractivity contribution >= 4 is 17.2 Å². The molecule has 0 saturated carbocycles. The Bertz CT molecular complexity index is 1060. The van der Waals surface area contributed by atoms with Gasteiger partial charge in [0.2, 0.25) is 0 Å². The molecule has 3 heterocycles. The lowest BCUT2D eigenvalue weighted by Crippen LogP contribution is -2.29. The van der Waals surface area contributed by atoms with Crippen LogP contribution in [0.2, 0.25) is 0 Å². The minimum Gasteiger partial charge on any atom is -0.321 e. The maximum Gasteiger partial charge on any atom is 0.280 e. The van der Waals surface area contributed by atoms with E-state index in [-0.39, 0.29) is 11.3 Å². The van der Waals surface area contributed by atoms with Gasteiger partial charge in [0.25, 0.3) is 18.8 Å². The molecule has 1 aromatic carbocycles. The summed E-state index contributed by atoms with van der Waals surface area (Å²) < 4.78 is 53.2. The van der Waals surface area contributed by atoms with Crippen LogP contribution in [0.1, 0.15) is 59.6 Å². The van der Waals surface area contributed by atoms with Crippen LogP contribution in [0.5, 0.6) is 0 Å². The second-order valence-electron chi connectivity index (χ2n) is 7.49. The molecule has 1 N–H and O–H groups in total. The van der Waals surface area contributed by atoms with Crippen molar-refractivity contribution in [2.45, 2.75) is 38.7 Å². The Balaban J connectivity index is 1.49. The van der Waals surface area contributed by atoms with E-state index in [1.54, 1.807) is 12.1 Å². The fourth-order valence-electron chi connectivity index (χ4n) is 3.66. The molecule has 2 aromatic heterocycles. The fraction of sp³-hybridized carbons (Fsp3) is 0.381. The van der Waals surface area contributed by atoms with E-state index in [1.165, 1.54) is 19.3 Å². The van der Waals surface area contributed by atoms with E-state index in [4.69, 9.17) is 0 Å². The van der Waals surface area contributed by atoms with Crippen molar-refractivity contribution in [2.75, 3.05) is 18.4 Å². The number of likely N-dealkylation sites (tertiary alicyclic amines) is 1. The van der Waals surface area contributed by atoms with Crippen molar-refractivity contribution in [3.8, 4) is 0 Å². The van der Waals surface area contributed by atoms with Crippen LogP contribution in [-0.2, 0) is 6.54 Å². The third-order valence-electron chi connectivity index (χ3n) is 5.22. The summed E-state index contributed by atoms with van der Waals surface area (Å²) in [6.45, 7) is 3.00. The van der Waals surface area contributed by atoms with Crippen molar-refractivity contribution in [3.63, 3.8) is 0 Å². The zero-order valence-corrected chi connectivity index (χ0v) is 16.6. The average molecular weight is 435 g/mol. The topological polar surface area (TPSA) is 62.5 Å². The first-order valence-corrected chi connectivity index (χ1v) is 10.0. The van der Waals surface area contributed by atoms with Crippen molar-refractivity contribution in [1.29, 1.82) is 0 Å². The normalized spacial score (nSPS) is 15.2. The molecule has 164 valence electrons. The van der Waals surface area contributed by atoms with Crippen LogP contribution in [0.3, 0.4) is 0 Å². The van der Waals surface area contributed by atoms with Crippen LogP contribution >= 0.6 is 0 Å². The number of halogens is 4. The largest absolute Gasteiger partial charge is 0.321 e. The molecule has 3 aromatic rings. The van der Waals surface area contributed by atoms with E-state index in [9.17, 15) is 22.4 Å². The van der Waals surface area contributed by atoms with Gasteiger partial charge in [-0.25, -0.2) is 27.1 Å². The van der Waals surface area contributed by atoms with Gasteiger partial charge in [0.15, 0.2) is 11.3 Å². The molecule has 6 nitrogen and oxygen atoms in total. The van der Waals surface area contributed by atoms with Gasteiger partial charge in [-0.1, -0.05) is 18.6 Å². The first-order valence-electron chi connectivity index (χ1n) is 10.0. The predicted octanol–water partition coefficient (Wildman–Crippen LogP) is 4.84. The number of alkyl halides is 4. The standard InChI is InChI=1S/C21H21F4N5O/c22-19(23)15-10-17(20(24)25)30-18(27-15)11-16(28-30)21(31)26-14-6-4-13(5-7-14)12-29-8-2-1-3-9-29/h4-7,10-11,19-20H,1-3,8-9,12H2,(H,26,31). The first-order chi connectivity index (χ1) is 14.9. The van der Waals surface area contributed by atoms with Crippen LogP contribution in [0.4, 0.5) is 23.2 Å². The molecule has 1 saturated heterocycles. The average Bonchev–Trinajstić information content (AvgIpc) is 3.19. The minimum atomic E-state index is -3.05. The molecular weight excluding hydrogens is 414 g/mol. The Morgan fingerprint density at radius 3 is 2.35 bits per heavy atom. The number of benzene rings is 1. The predicted molar refractivity (Wildman–Crippen MR) is 106 cm³/mol. The highest BCUT2D eigenvalue weighted by molar-refractivity contribution is 6.03. The van der Waals surface area contributed by atoms with Crippen LogP contribution in [-0.4, -0.2) is 38.5 Å². The molecule has 0 spiro atoms. The monoisotopic (exact) mass is 435 g/mol. The highest BCUT2D eigenvalue weighted by Gasteiger charge is 2.22. The molecule has 1 aliphatic rings. The molecule has 31 heavy (non-hydrogen) atoms. The summed E-state index contributed by atoms with van der Waals surface area (Å²) in [4.78, 5) is 18.5. The summed E-state index contributed by atoms with van der Waals surface area (Å²) >= 11 is 0. The summed E-state index contributed by atoms with van der Waals surface area (Å²) in [7, 11) is 0. The zero-order chi connectivity index (χ0) is 22.0. The Kier molecular flexibility index (Phi) is 6.17. The van der Waals surface area contributed by atoms with Gasteiger partial charge in [0, 0.05) is 18.3 Å². The molecule has 0 aliphatic carbocycles. The minimum absolute atomic E-state index is 0.196. The van der Waals surface area contributed by atoms with Gasteiger partial charge in [0.05, 0.1) is 0 Å². The molecule has 1 aliphatic heterocycles. The van der Waals surface area contributed by atoms with E-state index in [1.807, 2.05) is 12.1 Å². The summed E-state index contributed by atoms with van der Waals surface area (Å²) in [5.41, 5.74) is -0.341. The number of fused-ring (bicyclic) bond motifs is 1. The summed E-state index contributed by atoms with van der Waals surface area (Å²) in [6, 6.07) is 9.05. The van der Waals surface area contributed by atoms with Gasteiger partial charge in [-0.15, -0.1) is 0 Å². The second kappa shape index (κ2) is 9.01. The van der Waals surface area contributed by atoms with Gasteiger partial charge >= 0.3 is 0 Å². The molecule has 1 amide bonds. The number of piperidine rings is 1. The van der Waals surface area contributed by atoms with E-state index in [0.29, 0.717) is 16.3 Å². The highest BCUT2D eigenvalue weighted by Crippen LogP contribution is 2.25. The number of nitrogens with one attached hydrogen (secondary N) is 1. The number of hydrogen-bond donors (Lipinski definition) is 1. The molecule has 0 bridgehead atoms. The summed E-state index contributed by atoms with van der Waals surface area (Å²) in [5.74, 6) is -0.645. The third-order valence-corrected chi connectivity index (χ3v) is 5.22. The van der Waals surface area contributed by atoms with Gasteiger partial charge in [-0.05, 0) is 49.7 Å². The van der Waals surface area contributed by atoms with Gasteiger partial charge in [0.1, 0.15) is 11.4 Å². The third kappa shape index (κ3) is 4.84. The van der Waals surface area contributed by atoms with Crippen LogP contribution in [0.25, 0.3) is 5.65 Å². The number of aromatic nitrogens is 3. The van der Waals surface area contributed by atoms with Crippen molar-refractivity contribution in [2.24, 2.45) is 0 Å². The number of carbonyl (C=O) groups excluding carboxylic acids is 1. The number of hydrogen-bond acceptors (Lipinski definition) is 4. The lowest BCUT2D eigenvalue weighted by molar-refractivity contribution is 0.102. The Labute approximate surface area is 175 Å². The lowest BCUT2D eigenvalue weighted by atomic mass is 10.1. The maximum atomic E-state index is 13.3. The smallest absolute Gasteiger partial charge is 0.280 e. The van der Waals surface area contributed by atoms with Gasteiger partial charge in [-0.2, -0.15) is 5.10 Å². The Hall–Kier alpha value is -3.01. The zero-order valence-electron chi connectivity index (χ0n) is 16.6. The molecule has 0 atom stereocenters. The number of nitrogens with zero attached hydrogens (tertiary/aromatic N) is 4. The lowest BCUT2D eigenvalue weighted by Gasteiger charge is -2.26. The second-order valence-corrected chi connectivity index (χ2v) is 7.49. The quantitative estimate of drug-likeness (QED) is 0.563. The maximum absolute atomic E-state index is 13.3.